The first-order chi connectivity index (χ1) is 8.26. The number of rotatable bonds is 3. The van der Waals surface area contributed by atoms with Crippen molar-refractivity contribution in [3.05, 3.63) is 46.9 Å². The van der Waals surface area contributed by atoms with Crippen molar-refractivity contribution in [3.63, 3.8) is 0 Å². The van der Waals surface area contributed by atoms with Crippen molar-refractivity contribution < 1.29 is 4.74 Å². The van der Waals surface area contributed by atoms with Crippen LogP contribution < -0.4 is 0 Å². The average Bonchev–Trinajstić information content (AvgIpc) is 2.59. The molecule has 0 aromatic carbocycles. The molecule has 0 aromatic rings. The van der Waals surface area contributed by atoms with E-state index < -0.39 is 0 Å². The third-order valence-corrected chi connectivity index (χ3v) is 3.40. The molecule has 17 heavy (non-hydrogen) atoms. The molecule has 2 aliphatic rings. The van der Waals surface area contributed by atoms with Crippen molar-refractivity contribution in [1.82, 2.24) is 4.90 Å². The van der Waals surface area contributed by atoms with Crippen LogP contribution in [0.5, 0.6) is 0 Å². The number of methoxy groups -OCH3 is 1. The second-order valence-corrected chi connectivity index (χ2v) is 4.60. The number of ether oxygens (including phenoxy) is 1. The minimum absolute atomic E-state index is 0.923. The summed E-state index contributed by atoms with van der Waals surface area (Å²) in [6.45, 7) is 3.02. The molecule has 1 saturated carbocycles. The molecule has 0 N–H and O–H groups in total. The van der Waals surface area contributed by atoms with E-state index >= 15 is 0 Å². The molecule has 0 amide bonds. The van der Waals surface area contributed by atoms with Gasteiger partial charge >= 0.3 is 0 Å². The summed E-state index contributed by atoms with van der Waals surface area (Å²) in [7, 11) is 3.89. The molecule has 2 heteroatoms. The Morgan fingerprint density at radius 2 is 2.18 bits per heavy atom. The van der Waals surface area contributed by atoms with Crippen LogP contribution in [0.2, 0.25) is 0 Å². The van der Waals surface area contributed by atoms with Crippen LogP contribution in [-0.4, -0.2) is 25.6 Å². The van der Waals surface area contributed by atoms with E-state index in [1.807, 2.05) is 19.1 Å². The highest BCUT2D eigenvalue weighted by Gasteiger charge is 2.23. The fourth-order valence-electron chi connectivity index (χ4n) is 2.33. The second-order valence-electron chi connectivity index (χ2n) is 4.60. The molecule has 0 saturated heterocycles. The van der Waals surface area contributed by atoms with E-state index in [2.05, 4.69) is 24.1 Å². The zero-order valence-electron chi connectivity index (χ0n) is 11.0. The molecule has 0 radical (unpaired) electrons. The molecule has 2 rings (SSSR count). The normalized spacial score (nSPS) is 21.0. The van der Waals surface area contributed by atoms with Gasteiger partial charge < -0.3 is 9.64 Å². The third kappa shape index (κ3) is 2.46. The van der Waals surface area contributed by atoms with Crippen LogP contribution in [0, 0.1) is 0 Å². The Kier molecular flexibility index (Phi) is 3.72. The molecule has 1 aliphatic heterocycles. The molecular formula is C15H21NO. The number of hydrogen-bond acceptors (Lipinski definition) is 2. The molecule has 92 valence electrons. The molecule has 0 bridgehead atoms. The summed E-state index contributed by atoms with van der Waals surface area (Å²) in [6, 6.07) is 0. The maximum atomic E-state index is 5.36. The van der Waals surface area contributed by atoms with E-state index in [0.717, 1.165) is 12.3 Å². The Morgan fingerprint density at radius 3 is 2.71 bits per heavy atom. The van der Waals surface area contributed by atoms with Gasteiger partial charge in [-0.25, -0.2) is 0 Å². The van der Waals surface area contributed by atoms with Gasteiger partial charge in [-0.15, -0.1) is 0 Å². The van der Waals surface area contributed by atoms with Gasteiger partial charge in [-0.2, -0.15) is 0 Å². The van der Waals surface area contributed by atoms with Gasteiger partial charge in [-0.1, -0.05) is 12.2 Å². The van der Waals surface area contributed by atoms with E-state index in [0.29, 0.717) is 0 Å². The molecule has 0 spiro atoms. The fraction of sp³-hybridized carbons (Fsp3) is 0.467. The molecule has 1 aliphatic carbocycles. The van der Waals surface area contributed by atoms with Gasteiger partial charge in [-0.3, -0.25) is 0 Å². The summed E-state index contributed by atoms with van der Waals surface area (Å²) in [5, 5.41) is 0. The van der Waals surface area contributed by atoms with Gasteiger partial charge in [0.15, 0.2) is 0 Å². The topological polar surface area (TPSA) is 12.5 Å². The van der Waals surface area contributed by atoms with E-state index in [4.69, 9.17) is 4.74 Å². The molecule has 0 unspecified atom stereocenters. The highest BCUT2D eigenvalue weighted by molar-refractivity contribution is 5.48. The molecule has 1 fully saturated rings. The lowest BCUT2D eigenvalue weighted by Crippen LogP contribution is -2.17. The highest BCUT2D eigenvalue weighted by atomic mass is 16.5. The van der Waals surface area contributed by atoms with E-state index in [1.54, 1.807) is 12.7 Å². The molecular weight excluding hydrogens is 210 g/mol. The Bertz CT molecular complexity index is 407. The van der Waals surface area contributed by atoms with Crippen LogP contribution in [-0.2, 0) is 4.74 Å². The number of hydrogen-bond donors (Lipinski definition) is 0. The van der Waals surface area contributed by atoms with Crippen molar-refractivity contribution in [2.75, 3.05) is 20.7 Å². The Balaban J connectivity index is 2.26. The summed E-state index contributed by atoms with van der Waals surface area (Å²) in [6.07, 6.45) is 12.3. The molecule has 0 aromatic heterocycles. The fourth-order valence-corrected chi connectivity index (χ4v) is 2.33. The Labute approximate surface area is 104 Å². The van der Waals surface area contributed by atoms with E-state index in [1.165, 1.54) is 30.5 Å². The first-order valence-corrected chi connectivity index (χ1v) is 6.28. The van der Waals surface area contributed by atoms with Crippen LogP contribution in [0.4, 0.5) is 0 Å². The number of nitrogens with zero attached hydrogens (tertiary/aromatic N) is 1. The van der Waals surface area contributed by atoms with Gasteiger partial charge in [-0.05, 0) is 49.5 Å². The van der Waals surface area contributed by atoms with E-state index in [-0.39, 0.29) is 0 Å². The van der Waals surface area contributed by atoms with Crippen molar-refractivity contribution in [1.29, 1.82) is 0 Å². The molecule has 1 heterocycles. The van der Waals surface area contributed by atoms with Gasteiger partial charge in [0, 0.05) is 19.3 Å². The number of likely N-dealkylation sites (N-methyl/N-ethyl adjacent to an activating group) is 1. The van der Waals surface area contributed by atoms with Crippen LogP contribution >= 0.6 is 0 Å². The average molecular weight is 231 g/mol. The van der Waals surface area contributed by atoms with Crippen molar-refractivity contribution >= 4 is 0 Å². The first-order valence-electron chi connectivity index (χ1n) is 6.28. The van der Waals surface area contributed by atoms with Gasteiger partial charge in [0.05, 0.1) is 7.11 Å². The lowest BCUT2D eigenvalue weighted by atomic mass is 9.88. The molecule has 0 atom stereocenters. The van der Waals surface area contributed by atoms with Crippen LogP contribution in [0.25, 0.3) is 0 Å². The third-order valence-electron chi connectivity index (χ3n) is 3.40. The van der Waals surface area contributed by atoms with E-state index in [9.17, 15) is 0 Å². The maximum absolute atomic E-state index is 5.36. The summed E-state index contributed by atoms with van der Waals surface area (Å²) < 4.78 is 5.36. The van der Waals surface area contributed by atoms with Gasteiger partial charge in [0.25, 0.3) is 0 Å². The number of allylic oxidation sites excluding steroid dienone is 4. The van der Waals surface area contributed by atoms with Crippen molar-refractivity contribution in [3.8, 4) is 0 Å². The minimum atomic E-state index is 0.923. The Morgan fingerprint density at radius 1 is 1.41 bits per heavy atom. The predicted octanol–water partition coefficient (Wildman–Crippen LogP) is 3.40. The molecule has 2 nitrogen and oxygen atoms in total. The smallest absolute Gasteiger partial charge is 0.119 e. The summed E-state index contributed by atoms with van der Waals surface area (Å²) in [5.74, 6) is 0.923. The maximum Gasteiger partial charge on any atom is 0.119 e. The first kappa shape index (κ1) is 12.0. The summed E-state index contributed by atoms with van der Waals surface area (Å²) in [5.41, 5.74) is 4.34. The van der Waals surface area contributed by atoms with Crippen LogP contribution in [0.3, 0.4) is 0 Å². The lowest BCUT2D eigenvalue weighted by Gasteiger charge is -2.25. The lowest BCUT2D eigenvalue weighted by molar-refractivity contribution is 0.306. The van der Waals surface area contributed by atoms with Gasteiger partial charge in [0.1, 0.15) is 5.76 Å². The largest absolute Gasteiger partial charge is 0.497 e. The second kappa shape index (κ2) is 5.26. The van der Waals surface area contributed by atoms with Crippen LogP contribution in [0.1, 0.15) is 26.2 Å². The standard InChI is InChI=1S/C15H21NO/c1-4-6-14(17-3)11-13-9-10-16(2)15(13)12-7-5-8-12/h4,6,9,11H,5,7-8,10H2,1-3H3/b6-4-,14-11+. The summed E-state index contributed by atoms with van der Waals surface area (Å²) >= 11 is 0. The SMILES string of the molecule is C/C=C\C(=C/C1=CCN(C)C1=C1CCC1)OC. The predicted molar refractivity (Wildman–Crippen MR) is 71.5 cm³/mol. The van der Waals surface area contributed by atoms with Crippen molar-refractivity contribution in [2.24, 2.45) is 0 Å². The zero-order chi connectivity index (χ0) is 12.3. The zero-order valence-corrected chi connectivity index (χ0v) is 11.0. The van der Waals surface area contributed by atoms with Crippen molar-refractivity contribution in [2.45, 2.75) is 26.2 Å². The Hall–Kier alpha value is -1.44. The van der Waals surface area contributed by atoms with Crippen LogP contribution in [0.15, 0.2) is 46.9 Å². The quantitative estimate of drug-likeness (QED) is 0.545. The minimum Gasteiger partial charge on any atom is -0.497 e. The monoisotopic (exact) mass is 231 g/mol. The summed E-state index contributed by atoms with van der Waals surface area (Å²) in [4.78, 5) is 2.34. The highest BCUT2D eigenvalue weighted by Crippen LogP contribution is 2.36. The van der Waals surface area contributed by atoms with Gasteiger partial charge in [0.2, 0.25) is 0 Å².